The van der Waals surface area contributed by atoms with Crippen molar-refractivity contribution < 1.29 is 37.7 Å². The Balaban J connectivity index is 1.32. The first kappa shape index (κ1) is 31.5. The summed E-state index contributed by atoms with van der Waals surface area (Å²) in [6.45, 7) is 3.95. The van der Waals surface area contributed by atoms with Crippen LogP contribution in [0.1, 0.15) is 52.9 Å². The molecular weight excluding hydrogens is 601 g/mol. The van der Waals surface area contributed by atoms with E-state index in [1.54, 1.807) is 24.3 Å². The largest absolute Gasteiger partial charge is 0.487 e. The molecule has 0 amide bonds. The maximum atomic E-state index is 13.8. The van der Waals surface area contributed by atoms with Gasteiger partial charge in [0, 0.05) is 25.3 Å². The van der Waals surface area contributed by atoms with Crippen molar-refractivity contribution in [1.29, 1.82) is 0 Å². The monoisotopic (exact) mass is 630 g/mol. The molecule has 1 saturated heterocycles. The number of likely N-dealkylation sites (tertiary alicyclic amines) is 1. The fourth-order valence-electron chi connectivity index (χ4n) is 5.25. The van der Waals surface area contributed by atoms with E-state index >= 15 is 0 Å². The van der Waals surface area contributed by atoms with Gasteiger partial charge < -0.3 is 19.7 Å². The van der Waals surface area contributed by atoms with E-state index in [9.17, 15) is 28.2 Å². The van der Waals surface area contributed by atoms with Crippen molar-refractivity contribution in [2.45, 2.75) is 44.9 Å². The average molecular weight is 631 g/mol. The molecule has 2 aromatic heterocycles. The molecule has 13 heteroatoms. The van der Waals surface area contributed by atoms with Crippen LogP contribution in [0, 0.1) is 0 Å². The highest BCUT2D eigenvalue weighted by molar-refractivity contribution is 6.32. The standard InChI is InChI=1S/C31H30ClF3N4O5/c1-2-43-30(42)38-15-13-21(14-16-38)20-11-9-19(10-12-20)18-44-27-22(5-3-6-24(27)32)25-7-4-8-26(37-25)39-28(31(33,34)35)23(17-36-39)29(40)41/h3-12,17,21,30,42H,2,13-16,18H2,1H3,(H,40,41). The van der Waals surface area contributed by atoms with Crippen LogP contribution in [-0.4, -0.2) is 62.0 Å². The Labute approximate surface area is 256 Å². The summed E-state index contributed by atoms with van der Waals surface area (Å²) in [6, 6.07) is 17.4. The van der Waals surface area contributed by atoms with Crippen molar-refractivity contribution in [1.82, 2.24) is 19.7 Å². The van der Waals surface area contributed by atoms with Gasteiger partial charge >= 0.3 is 12.1 Å². The Morgan fingerprint density at radius 3 is 2.45 bits per heavy atom. The minimum atomic E-state index is -4.98. The predicted octanol–water partition coefficient (Wildman–Crippen LogP) is 6.38. The number of hydrogen-bond acceptors (Lipinski definition) is 7. The molecule has 0 saturated carbocycles. The SMILES string of the molecule is CCOC(O)N1CCC(c2ccc(COc3c(Cl)cccc3-c3cccc(-n4ncc(C(=O)O)c4C(F)(F)F)n3)cc2)CC1. The fraction of sp³-hybridized carbons (Fsp3) is 0.323. The number of para-hydroxylation sites is 1. The van der Waals surface area contributed by atoms with Gasteiger partial charge in [-0.05, 0) is 61.1 Å². The molecule has 2 aromatic carbocycles. The van der Waals surface area contributed by atoms with Crippen LogP contribution in [0.5, 0.6) is 5.75 Å². The first-order valence-corrected chi connectivity index (χ1v) is 14.3. The van der Waals surface area contributed by atoms with Crippen LogP contribution in [0.2, 0.25) is 5.02 Å². The van der Waals surface area contributed by atoms with Gasteiger partial charge in [-0.3, -0.25) is 4.90 Å². The molecule has 1 fully saturated rings. The molecule has 5 rings (SSSR count). The molecule has 3 heterocycles. The number of aromatic nitrogens is 3. The zero-order valence-corrected chi connectivity index (χ0v) is 24.4. The molecule has 1 atom stereocenters. The Bertz CT molecular complexity index is 1600. The third-order valence-corrected chi connectivity index (χ3v) is 7.75. The minimum absolute atomic E-state index is 0.176. The number of carbonyl (C=O) groups is 1. The second kappa shape index (κ2) is 13.3. The van der Waals surface area contributed by atoms with Crippen molar-refractivity contribution in [3.05, 3.63) is 94.3 Å². The van der Waals surface area contributed by atoms with Crippen LogP contribution in [0.25, 0.3) is 17.1 Å². The highest BCUT2D eigenvalue weighted by Crippen LogP contribution is 2.38. The van der Waals surface area contributed by atoms with Crippen molar-refractivity contribution in [3.63, 3.8) is 0 Å². The summed E-state index contributed by atoms with van der Waals surface area (Å²) in [7, 11) is 0. The number of ether oxygens (including phenoxy) is 2. The molecule has 1 aliphatic rings. The highest BCUT2D eigenvalue weighted by Gasteiger charge is 2.41. The number of aromatic carboxylic acids is 1. The summed E-state index contributed by atoms with van der Waals surface area (Å²) < 4.78 is 53.2. The number of aliphatic hydroxyl groups excluding tert-OH is 1. The predicted molar refractivity (Wildman–Crippen MR) is 156 cm³/mol. The van der Waals surface area contributed by atoms with E-state index in [4.69, 9.17) is 21.1 Å². The van der Waals surface area contributed by atoms with E-state index in [1.807, 2.05) is 24.0 Å². The van der Waals surface area contributed by atoms with Crippen molar-refractivity contribution >= 4 is 17.6 Å². The first-order chi connectivity index (χ1) is 21.1. The Morgan fingerprint density at radius 1 is 1.09 bits per heavy atom. The first-order valence-electron chi connectivity index (χ1n) is 14.0. The number of benzene rings is 2. The molecule has 9 nitrogen and oxygen atoms in total. The lowest BCUT2D eigenvalue weighted by atomic mass is 9.89. The van der Waals surface area contributed by atoms with Crippen LogP contribution in [0.4, 0.5) is 13.2 Å². The van der Waals surface area contributed by atoms with Crippen LogP contribution in [-0.2, 0) is 17.5 Å². The van der Waals surface area contributed by atoms with Crippen LogP contribution in [0.15, 0.2) is 66.9 Å². The van der Waals surface area contributed by atoms with Gasteiger partial charge in [0.25, 0.3) is 0 Å². The van der Waals surface area contributed by atoms with Crippen molar-refractivity contribution in [2.75, 3.05) is 19.7 Å². The fourth-order valence-corrected chi connectivity index (χ4v) is 5.48. The van der Waals surface area contributed by atoms with E-state index in [0.717, 1.165) is 31.5 Å². The van der Waals surface area contributed by atoms with E-state index in [1.165, 1.54) is 17.7 Å². The number of rotatable bonds is 10. The number of aliphatic hydroxyl groups is 1. The van der Waals surface area contributed by atoms with Gasteiger partial charge in [0.2, 0.25) is 6.41 Å². The summed E-state index contributed by atoms with van der Waals surface area (Å²) >= 11 is 6.49. The zero-order valence-electron chi connectivity index (χ0n) is 23.7. The smallest absolute Gasteiger partial charge is 0.434 e. The number of carboxylic acid groups (broad SMARTS) is 1. The number of piperidine rings is 1. The summed E-state index contributed by atoms with van der Waals surface area (Å²) in [5.74, 6) is -1.31. The van der Waals surface area contributed by atoms with Crippen molar-refractivity contribution in [3.8, 4) is 22.8 Å². The number of carboxylic acids is 1. The van der Waals surface area contributed by atoms with Gasteiger partial charge in [-0.15, -0.1) is 0 Å². The molecule has 232 valence electrons. The van der Waals surface area contributed by atoms with Gasteiger partial charge in [0.05, 0.1) is 16.9 Å². The molecular formula is C31H30ClF3N4O5. The number of halogens is 4. The number of alkyl halides is 3. The Morgan fingerprint density at radius 2 is 1.80 bits per heavy atom. The minimum Gasteiger partial charge on any atom is -0.487 e. The maximum absolute atomic E-state index is 13.8. The number of pyridine rings is 1. The van der Waals surface area contributed by atoms with E-state index in [-0.39, 0.29) is 23.1 Å². The van der Waals surface area contributed by atoms with E-state index < -0.39 is 29.8 Å². The zero-order chi connectivity index (χ0) is 31.4. The lowest BCUT2D eigenvalue weighted by Crippen LogP contribution is -2.42. The molecule has 44 heavy (non-hydrogen) atoms. The second-order valence-electron chi connectivity index (χ2n) is 10.2. The van der Waals surface area contributed by atoms with Crippen LogP contribution in [0.3, 0.4) is 0 Å². The summed E-state index contributed by atoms with van der Waals surface area (Å²) in [5.41, 5.74) is 0.371. The lowest BCUT2D eigenvalue weighted by Gasteiger charge is -2.34. The van der Waals surface area contributed by atoms with Crippen LogP contribution < -0.4 is 4.74 Å². The third-order valence-electron chi connectivity index (χ3n) is 7.45. The second-order valence-corrected chi connectivity index (χ2v) is 10.6. The van der Waals surface area contributed by atoms with Gasteiger partial charge in [0.15, 0.2) is 11.5 Å². The summed E-state index contributed by atoms with van der Waals surface area (Å²) in [6.07, 6.45) is -3.41. The normalized spacial score (nSPS) is 15.3. The van der Waals surface area contributed by atoms with Gasteiger partial charge in [-0.1, -0.05) is 48.0 Å². The van der Waals surface area contributed by atoms with E-state index in [2.05, 4.69) is 22.2 Å². The molecule has 1 unspecified atom stereocenters. The molecule has 0 spiro atoms. The number of hydrogen-bond donors (Lipinski definition) is 2. The highest BCUT2D eigenvalue weighted by atomic mass is 35.5. The van der Waals surface area contributed by atoms with Gasteiger partial charge in [0.1, 0.15) is 17.9 Å². The average Bonchev–Trinajstić information content (AvgIpc) is 3.48. The molecule has 0 bridgehead atoms. The topological polar surface area (TPSA) is 110 Å². The quantitative estimate of drug-likeness (QED) is 0.194. The maximum Gasteiger partial charge on any atom is 0.434 e. The Hall–Kier alpha value is -3.97. The van der Waals surface area contributed by atoms with Crippen LogP contribution >= 0.6 is 11.6 Å². The Kier molecular flexibility index (Phi) is 9.54. The van der Waals surface area contributed by atoms with Crippen molar-refractivity contribution in [2.24, 2.45) is 0 Å². The molecule has 2 N–H and O–H groups in total. The van der Waals surface area contributed by atoms with Gasteiger partial charge in [-0.2, -0.15) is 18.3 Å². The molecule has 0 radical (unpaired) electrons. The summed E-state index contributed by atoms with van der Waals surface area (Å²) in [5, 5.41) is 23.3. The summed E-state index contributed by atoms with van der Waals surface area (Å²) in [4.78, 5) is 17.7. The molecule has 1 aliphatic heterocycles. The van der Waals surface area contributed by atoms with Gasteiger partial charge in [-0.25, -0.2) is 14.5 Å². The number of nitrogens with zero attached hydrogens (tertiary/aromatic N) is 4. The molecule has 4 aromatic rings. The lowest BCUT2D eigenvalue weighted by molar-refractivity contribution is -0.195. The third kappa shape index (κ3) is 6.88. The van der Waals surface area contributed by atoms with E-state index in [0.29, 0.717) is 34.7 Å². The molecule has 0 aliphatic carbocycles.